The molecule has 1 fully saturated rings. The maximum Gasteiger partial charge on any atom is 0.238 e. The van der Waals surface area contributed by atoms with Crippen molar-refractivity contribution in [3.05, 3.63) is 30.1 Å². The Kier molecular flexibility index (Phi) is 4.28. The first-order valence-electron chi connectivity index (χ1n) is 5.99. The fraction of sp³-hybridized carbons (Fsp3) is 0.462. The molecule has 2 N–H and O–H groups in total. The van der Waals surface area contributed by atoms with Crippen LogP contribution in [0.3, 0.4) is 0 Å². The third-order valence-corrected chi connectivity index (χ3v) is 3.09. The zero-order valence-corrected chi connectivity index (χ0v) is 10.3. The van der Waals surface area contributed by atoms with Crippen LogP contribution in [0.2, 0.25) is 0 Å². The largest absolute Gasteiger partial charge is 0.381 e. The zero-order valence-electron chi connectivity index (χ0n) is 10.3. The van der Waals surface area contributed by atoms with Gasteiger partial charge in [0.25, 0.3) is 0 Å². The maximum absolute atomic E-state index is 12.9. The molecule has 0 saturated heterocycles. The molecule has 0 aromatic heterocycles. The number of carbonyl (C=O) groups excluding carboxylic acids is 1. The lowest BCUT2D eigenvalue weighted by Gasteiger charge is -2.34. The van der Waals surface area contributed by atoms with Crippen molar-refractivity contribution in [2.75, 3.05) is 19.0 Å². The summed E-state index contributed by atoms with van der Waals surface area (Å²) in [4.78, 5) is 11.6. The van der Waals surface area contributed by atoms with Gasteiger partial charge < -0.3 is 15.4 Å². The Morgan fingerprint density at radius 1 is 1.50 bits per heavy atom. The predicted octanol–water partition coefficient (Wildman–Crippen LogP) is 1.53. The van der Waals surface area contributed by atoms with Crippen LogP contribution >= 0.6 is 0 Å². The number of hydrogen-bond donors (Lipinski definition) is 2. The van der Waals surface area contributed by atoms with E-state index in [1.54, 1.807) is 19.2 Å². The summed E-state index contributed by atoms with van der Waals surface area (Å²) in [5.41, 5.74) is 0.477. The van der Waals surface area contributed by atoms with Crippen molar-refractivity contribution in [2.24, 2.45) is 0 Å². The molecule has 0 aliphatic heterocycles. The van der Waals surface area contributed by atoms with Crippen LogP contribution < -0.4 is 10.6 Å². The summed E-state index contributed by atoms with van der Waals surface area (Å²) >= 11 is 0. The van der Waals surface area contributed by atoms with Crippen molar-refractivity contribution in [3.63, 3.8) is 0 Å². The number of amides is 1. The topological polar surface area (TPSA) is 50.4 Å². The van der Waals surface area contributed by atoms with Gasteiger partial charge in [-0.05, 0) is 31.0 Å². The number of nitrogens with one attached hydrogen (secondary N) is 2. The summed E-state index contributed by atoms with van der Waals surface area (Å²) in [6.07, 6.45) is 2.18. The third-order valence-electron chi connectivity index (χ3n) is 3.09. The van der Waals surface area contributed by atoms with E-state index in [0.29, 0.717) is 17.8 Å². The first-order valence-corrected chi connectivity index (χ1v) is 5.99. The van der Waals surface area contributed by atoms with Crippen molar-refractivity contribution >= 4 is 11.6 Å². The highest BCUT2D eigenvalue weighted by atomic mass is 19.1. The van der Waals surface area contributed by atoms with E-state index in [2.05, 4.69) is 10.6 Å². The van der Waals surface area contributed by atoms with Gasteiger partial charge in [0.05, 0.1) is 12.6 Å². The second kappa shape index (κ2) is 5.93. The van der Waals surface area contributed by atoms with Gasteiger partial charge >= 0.3 is 0 Å². The molecular formula is C13H17FN2O2. The van der Waals surface area contributed by atoms with Crippen LogP contribution in [0.1, 0.15) is 12.8 Å². The molecule has 98 valence electrons. The molecule has 0 unspecified atom stereocenters. The van der Waals surface area contributed by atoms with Crippen LogP contribution in [0.25, 0.3) is 0 Å². The Bertz CT molecular complexity index is 419. The first-order chi connectivity index (χ1) is 8.67. The molecule has 0 heterocycles. The molecule has 1 aromatic carbocycles. The maximum atomic E-state index is 12.9. The molecular weight excluding hydrogens is 235 g/mol. The molecule has 1 aliphatic rings. The Labute approximate surface area is 106 Å². The summed E-state index contributed by atoms with van der Waals surface area (Å²) in [5.74, 6) is -0.524. The van der Waals surface area contributed by atoms with Gasteiger partial charge in [-0.2, -0.15) is 0 Å². The van der Waals surface area contributed by atoms with Crippen molar-refractivity contribution < 1.29 is 13.9 Å². The quantitative estimate of drug-likeness (QED) is 0.835. The Morgan fingerprint density at radius 3 is 2.94 bits per heavy atom. The lowest BCUT2D eigenvalue weighted by molar-refractivity contribution is -0.115. The molecule has 0 bridgehead atoms. The molecule has 4 nitrogen and oxygen atoms in total. The number of ether oxygens (including phenoxy) is 1. The molecule has 0 atom stereocenters. The van der Waals surface area contributed by atoms with E-state index in [4.69, 9.17) is 4.74 Å². The van der Waals surface area contributed by atoms with E-state index in [1.165, 1.54) is 12.1 Å². The number of carbonyl (C=O) groups is 1. The van der Waals surface area contributed by atoms with Gasteiger partial charge in [-0.3, -0.25) is 4.79 Å². The van der Waals surface area contributed by atoms with Crippen LogP contribution in [0.4, 0.5) is 10.1 Å². The van der Waals surface area contributed by atoms with E-state index in [9.17, 15) is 9.18 Å². The normalized spacial score (nSPS) is 22.3. The Hall–Kier alpha value is -1.46. The van der Waals surface area contributed by atoms with Gasteiger partial charge in [0, 0.05) is 18.8 Å². The standard InChI is InChI=1S/C13H17FN2O2/c1-18-12-6-11(7-12)15-8-13(17)16-10-4-2-3-9(14)5-10/h2-5,11-12,15H,6-8H2,1H3,(H,16,17). The minimum absolute atomic E-state index is 0.165. The fourth-order valence-corrected chi connectivity index (χ4v) is 1.93. The van der Waals surface area contributed by atoms with Crippen molar-refractivity contribution in [2.45, 2.75) is 25.0 Å². The van der Waals surface area contributed by atoms with Crippen LogP contribution in [0.15, 0.2) is 24.3 Å². The zero-order chi connectivity index (χ0) is 13.0. The van der Waals surface area contributed by atoms with Crippen LogP contribution in [0, 0.1) is 5.82 Å². The van der Waals surface area contributed by atoms with Gasteiger partial charge in [-0.25, -0.2) is 4.39 Å². The second-order valence-corrected chi connectivity index (χ2v) is 4.47. The molecule has 2 rings (SSSR count). The molecule has 1 aliphatic carbocycles. The van der Waals surface area contributed by atoms with Crippen molar-refractivity contribution in [1.82, 2.24) is 5.32 Å². The summed E-state index contributed by atoms with van der Waals surface area (Å²) in [7, 11) is 1.69. The van der Waals surface area contributed by atoms with Gasteiger partial charge in [0.2, 0.25) is 5.91 Å². The lowest BCUT2D eigenvalue weighted by Crippen LogP contribution is -2.47. The Morgan fingerprint density at radius 2 is 2.28 bits per heavy atom. The summed E-state index contributed by atoms with van der Waals surface area (Å²) in [5, 5.41) is 5.77. The van der Waals surface area contributed by atoms with Gasteiger partial charge in [-0.1, -0.05) is 6.07 Å². The van der Waals surface area contributed by atoms with Crippen LogP contribution in [0.5, 0.6) is 0 Å². The average molecular weight is 252 g/mol. The molecule has 18 heavy (non-hydrogen) atoms. The monoisotopic (exact) mass is 252 g/mol. The molecule has 1 saturated carbocycles. The van der Waals surface area contributed by atoms with Gasteiger partial charge in [-0.15, -0.1) is 0 Å². The lowest BCUT2D eigenvalue weighted by atomic mass is 9.89. The third kappa shape index (κ3) is 3.51. The number of methoxy groups -OCH3 is 1. The summed E-state index contributed by atoms with van der Waals surface area (Å²) in [6, 6.07) is 6.20. The second-order valence-electron chi connectivity index (χ2n) is 4.47. The molecule has 0 radical (unpaired) electrons. The summed E-state index contributed by atoms with van der Waals surface area (Å²) in [6.45, 7) is 0.234. The number of halogens is 1. The minimum Gasteiger partial charge on any atom is -0.381 e. The van der Waals surface area contributed by atoms with E-state index in [0.717, 1.165) is 12.8 Å². The summed E-state index contributed by atoms with van der Waals surface area (Å²) < 4.78 is 18.0. The number of hydrogen-bond acceptors (Lipinski definition) is 3. The molecule has 5 heteroatoms. The minimum atomic E-state index is -0.359. The fourth-order valence-electron chi connectivity index (χ4n) is 1.93. The smallest absolute Gasteiger partial charge is 0.238 e. The predicted molar refractivity (Wildman–Crippen MR) is 66.9 cm³/mol. The first kappa shape index (κ1) is 13.0. The molecule has 1 amide bonds. The van der Waals surface area contributed by atoms with Crippen molar-refractivity contribution in [1.29, 1.82) is 0 Å². The highest BCUT2D eigenvalue weighted by Gasteiger charge is 2.28. The number of rotatable bonds is 5. The highest BCUT2D eigenvalue weighted by Crippen LogP contribution is 2.22. The van der Waals surface area contributed by atoms with E-state index in [1.807, 2.05) is 0 Å². The van der Waals surface area contributed by atoms with Crippen molar-refractivity contribution in [3.8, 4) is 0 Å². The molecule has 0 spiro atoms. The van der Waals surface area contributed by atoms with Crippen LogP contribution in [-0.4, -0.2) is 31.7 Å². The number of benzene rings is 1. The average Bonchev–Trinajstić information content (AvgIpc) is 2.27. The SMILES string of the molecule is COC1CC(NCC(=O)Nc2cccc(F)c2)C1. The van der Waals surface area contributed by atoms with Gasteiger partial charge in [0.15, 0.2) is 0 Å². The Balaban J connectivity index is 1.70. The van der Waals surface area contributed by atoms with E-state index >= 15 is 0 Å². The highest BCUT2D eigenvalue weighted by molar-refractivity contribution is 5.92. The molecule has 1 aromatic rings. The van der Waals surface area contributed by atoms with Crippen LogP contribution in [-0.2, 0) is 9.53 Å². The van der Waals surface area contributed by atoms with Gasteiger partial charge in [0.1, 0.15) is 5.82 Å². The number of anilines is 1. The van der Waals surface area contributed by atoms with E-state index < -0.39 is 0 Å². The van der Waals surface area contributed by atoms with E-state index in [-0.39, 0.29) is 18.3 Å².